The molecule has 2 rings (SSSR count). The summed E-state index contributed by atoms with van der Waals surface area (Å²) in [5.74, 6) is -1.38. The average molecular weight is 532 g/mol. The Kier molecular flexibility index (Phi) is 10.5. The van der Waals surface area contributed by atoms with Crippen LogP contribution in [-0.4, -0.2) is 69.9 Å². The molecule has 13 nitrogen and oxygen atoms in total. The molecule has 0 spiro atoms. The second kappa shape index (κ2) is 13.3. The van der Waals surface area contributed by atoms with Gasteiger partial charge in [0.2, 0.25) is 5.91 Å². The molecule has 1 heterocycles. The molecule has 0 aliphatic heterocycles. The topological polar surface area (TPSA) is 198 Å². The van der Waals surface area contributed by atoms with Crippen molar-refractivity contribution in [3.8, 4) is 11.3 Å². The molecule has 206 valence electrons. The first kappa shape index (κ1) is 30.0. The molecular weight excluding hydrogens is 498 g/mol. The molecule has 13 heteroatoms. The van der Waals surface area contributed by atoms with Crippen molar-refractivity contribution >= 4 is 30.0 Å². The van der Waals surface area contributed by atoms with Crippen molar-refractivity contribution in [3.05, 3.63) is 41.7 Å². The van der Waals surface area contributed by atoms with Gasteiger partial charge in [-0.1, -0.05) is 42.8 Å². The summed E-state index contributed by atoms with van der Waals surface area (Å²) >= 11 is 0. The Labute approximate surface area is 219 Å². The van der Waals surface area contributed by atoms with Gasteiger partial charge in [0, 0.05) is 30.3 Å². The molecule has 0 saturated heterocycles. The second-order valence-electron chi connectivity index (χ2n) is 9.42. The fourth-order valence-electron chi connectivity index (χ4n) is 3.22. The average Bonchev–Trinajstić information content (AvgIpc) is 3.28. The number of amidine groups is 1. The largest absolute Gasteiger partial charge is 0.513 e. The smallest absolute Gasteiger partial charge is 0.449 e. The molecule has 0 aliphatic rings. The van der Waals surface area contributed by atoms with Crippen LogP contribution >= 0.6 is 0 Å². The number of nitrogens with one attached hydrogen (secondary N) is 2. The molecule has 1 aromatic heterocycles. The van der Waals surface area contributed by atoms with Gasteiger partial charge in [-0.2, -0.15) is 0 Å². The number of aromatic nitrogens is 1. The Balaban J connectivity index is 2.03. The molecular formula is C25H33N5O8. The predicted molar refractivity (Wildman–Crippen MR) is 135 cm³/mol. The van der Waals surface area contributed by atoms with Crippen molar-refractivity contribution < 1.29 is 38.3 Å². The van der Waals surface area contributed by atoms with Crippen molar-refractivity contribution in [1.29, 1.82) is 5.41 Å². The van der Waals surface area contributed by atoms with Gasteiger partial charge in [0.1, 0.15) is 28.9 Å². The molecule has 0 radical (unpaired) electrons. The molecule has 5 N–H and O–H groups in total. The lowest BCUT2D eigenvalue weighted by atomic mass is 10.1. The van der Waals surface area contributed by atoms with Crippen LogP contribution in [0.15, 0.2) is 34.9 Å². The third-order valence-electron chi connectivity index (χ3n) is 5.02. The second-order valence-corrected chi connectivity index (χ2v) is 9.42. The first-order valence-corrected chi connectivity index (χ1v) is 11.9. The van der Waals surface area contributed by atoms with E-state index in [2.05, 4.69) is 15.2 Å². The molecule has 1 unspecified atom stereocenters. The lowest BCUT2D eigenvalue weighted by Gasteiger charge is -2.24. The van der Waals surface area contributed by atoms with Crippen LogP contribution in [0.4, 0.5) is 9.59 Å². The van der Waals surface area contributed by atoms with Crippen LogP contribution in [0.3, 0.4) is 0 Å². The quantitative estimate of drug-likeness (QED) is 0.153. The Hall–Kier alpha value is -4.26. The molecule has 0 bridgehead atoms. The highest BCUT2D eigenvalue weighted by atomic mass is 16.7. The molecule has 0 fully saturated rings. The number of amides is 2. The zero-order valence-electron chi connectivity index (χ0n) is 21.8. The number of benzene rings is 1. The van der Waals surface area contributed by atoms with E-state index < -0.39 is 29.9 Å². The highest BCUT2D eigenvalue weighted by Crippen LogP contribution is 2.21. The monoisotopic (exact) mass is 531 g/mol. The molecule has 1 atom stereocenters. The predicted octanol–water partition coefficient (Wildman–Crippen LogP) is 2.91. The van der Waals surface area contributed by atoms with Gasteiger partial charge < -0.3 is 29.7 Å². The van der Waals surface area contributed by atoms with E-state index in [1.165, 1.54) is 4.90 Å². The standard InChI is InChI=1S/C25H33N5O8/c1-5-6-11-30(14-18(26)22(32)36-24(34)35)20(31)13-17-12-19(29-38-17)15-7-9-16(10-8-15)21(27)28-23(33)37-25(2,3)4/h7-10,12,18H,5-6,11,13-14,26H2,1-4H3,(H,34,35)(H2,27,28,33). The number of carbonyl (C=O) groups excluding carboxylic acids is 3. The minimum atomic E-state index is -1.77. The van der Waals surface area contributed by atoms with Gasteiger partial charge in [-0.15, -0.1) is 0 Å². The number of nitrogens with zero attached hydrogens (tertiary/aromatic N) is 2. The SMILES string of the molecule is CCCCN(CC(N)C(=O)OC(=O)O)C(=O)Cc1cc(-c2ccc(C(=N)NC(=O)OC(C)(C)C)cc2)no1. The Morgan fingerprint density at radius 3 is 2.45 bits per heavy atom. The third-order valence-corrected chi connectivity index (χ3v) is 5.02. The van der Waals surface area contributed by atoms with Crippen molar-refractivity contribution in [2.75, 3.05) is 13.1 Å². The van der Waals surface area contributed by atoms with E-state index in [9.17, 15) is 19.2 Å². The maximum Gasteiger partial charge on any atom is 0.513 e. The number of ether oxygens (including phenoxy) is 2. The fourth-order valence-corrected chi connectivity index (χ4v) is 3.22. The summed E-state index contributed by atoms with van der Waals surface area (Å²) in [6.45, 7) is 7.21. The van der Waals surface area contributed by atoms with Crippen molar-refractivity contribution in [2.24, 2.45) is 5.73 Å². The summed E-state index contributed by atoms with van der Waals surface area (Å²) in [4.78, 5) is 48.4. The van der Waals surface area contributed by atoms with Crippen LogP contribution in [0.1, 0.15) is 51.9 Å². The minimum absolute atomic E-state index is 0.130. The van der Waals surface area contributed by atoms with E-state index in [0.717, 1.165) is 6.42 Å². The molecule has 2 amide bonds. The van der Waals surface area contributed by atoms with Crippen LogP contribution in [-0.2, 0) is 25.5 Å². The number of hydrogen-bond acceptors (Lipinski definition) is 10. The fraction of sp³-hybridized carbons (Fsp3) is 0.440. The maximum atomic E-state index is 12.9. The van der Waals surface area contributed by atoms with Gasteiger partial charge in [0.05, 0.1) is 6.42 Å². The minimum Gasteiger partial charge on any atom is -0.449 e. The summed E-state index contributed by atoms with van der Waals surface area (Å²) in [7, 11) is 0. The van der Waals surface area contributed by atoms with E-state index in [0.29, 0.717) is 29.8 Å². The number of nitrogens with two attached hydrogens (primary N) is 1. The summed E-state index contributed by atoms with van der Waals surface area (Å²) in [5.41, 5.74) is 6.59. The van der Waals surface area contributed by atoms with E-state index in [4.69, 9.17) is 25.5 Å². The molecule has 1 aromatic carbocycles. The van der Waals surface area contributed by atoms with Crippen molar-refractivity contribution in [2.45, 2.75) is 58.6 Å². The molecule has 0 saturated carbocycles. The number of carbonyl (C=O) groups is 4. The Morgan fingerprint density at radius 2 is 1.87 bits per heavy atom. The van der Waals surface area contributed by atoms with E-state index in [1.54, 1.807) is 51.1 Å². The first-order chi connectivity index (χ1) is 17.8. The number of hydrogen-bond donors (Lipinski definition) is 4. The van der Waals surface area contributed by atoms with Crippen molar-refractivity contribution in [3.63, 3.8) is 0 Å². The van der Waals surface area contributed by atoms with Gasteiger partial charge in [-0.3, -0.25) is 15.5 Å². The van der Waals surface area contributed by atoms with E-state index >= 15 is 0 Å². The van der Waals surface area contributed by atoms with Gasteiger partial charge >= 0.3 is 18.2 Å². The van der Waals surface area contributed by atoms with Crippen LogP contribution in [0, 0.1) is 5.41 Å². The zero-order valence-corrected chi connectivity index (χ0v) is 21.8. The van der Waals surface area contributed by atoms with Gasteiger partial charge in [0.25, 0.3) is 0 Å². The zero-order chi connectivity index (χ0) is 28.5. The molecule has 2 aromatic rings. The van der Waals surface area contributed by atoms with Crippen molar-refractivity contribution in [1.82, 2.24) is 15.4 Å². The van der Waals surface area contributed by atoms with Crippen LogP contribution in [0.5, 0.6) is 0 Å². The van der Waals surface area contributed by atoms with Crippen LogP contribution < -0.4 is 11.1 Å². The van der Waals surface area contributed by atoms with Crippen LogP contribution in [0.2, 0.25) is 0 Å². The van der Waals surface area contributed by atoms with E-state index in [1.807, 2.05) is 6.92 Å². The maximum absolute atomic E-state index is 12.9. The first-order valence-electron chi connectivity index (χ1n) is 11.9. The molecule has 38 heavy (non-hydrogen) atoms. The number of esters is 1. The van der Waals surface area contributed by atoms with Gasteiger partial charge in [-0.05, 0) is 27.2 Å². The lowest BCUT2D eigenvalue weighted by molar-refractivity contribution is -0.141. The third kappa shape index (κ3) is 9.65. The number of unbranched alkanes of at least 4 members (excludes halogenated alkanes) is 1. The number of carboxylic acid groups (broad SMARTS) is 1. The highest BCUT2D eigenvalue weighted by molar-refractivity contribution is 6.04. The lowest BCUT2D eigenvalue weighted by Crippen LogP contribution is -2.47. The Morgan fingerprint density at radius 1 is 1.21 bits per heavy atom. The normalized spacial score (nSPS) is 11.8. The van der Waals surface area contributed by atoms with E-state index in [-0.39, 0.29) is 30.5 Å². The number of alkyl carbamates (subject to hydrolysis) is 1. The highest BCUT2D eigenvalue weighted by Gasteiger charge is 2.25. The van der Waals surface area contributed by atoms with Gasteiger partial charge in [0.15, 0.2) is 0 Å². The number of rotatable bonds is 10. The van der Waals surface area contributed by atoms with Gasteiger partial charge in [-0.25, -0.2) is 14.4 Å². The summed E-state index contributed by atoms with van der Waals surface area (Å²) in [6, 6.07) is 6.89. The summed E-state index contributed by atoms with van der Waals surface area (Å²) < 4.78 is 14.5. The Bertz CT molecular complexity index is 1150. The van der Waals surface area contributed by atoms with Crippen LogP contribution in [0.25, 0.3) is 11.3 Å². The summed E-state index contributed by atoms with van der Waals surface area (Å²) in [6.07, 6.45) is -1.22. The summed E-state index contributed by atoms with van der Waals surface area (Å²) in [5, 5.41) is 23.0. The molecule has 0 aliphatic carbocycles.